The number of carbonyl (C=O) groups excluding carboxylic acids is 1. The Bertz CT molecular complexity index is 1090. The molecule has 4 rings (SSSR count). The number of epoxide rings is 1. The third-order valence-corrected chi connectivity index (χ3v) is 7.63. The van der Waals surface area contributed by atoms with E-state index in [4.69, 9.17) is 13.8 Å². The summed E-state index contributed by atoms with van der Waals surface area (Å²) < 4.78 is 42.7. The predicted molar refractivity (Wildman–Crippen MR) is 111 cm³/mol. The summed E-state index contributed by atoms with van der Waals surface area (Å²) >= 11 is 0. The van der Waals surface area contributed by atoms with E-state index in [2.05, 4.69) is 0 Å². The van der Waals surface area contributed by atoms with Crippen molar-refractivity contribution in [3.63, 3.8) is 0 Å². The molecular weight excluding hydrogens is 406 g/mol. The molecule has 0 radical (unpaired) electrons. The first-order valence-electron chi connectivity index (χ1n) is 9.30. The molecule has 1 aliphatic heterocycles. The maximum absolute atomic E-state index is 13.4. The zero-order valence-corrected chi connectivity index (χ0v) is 17.3. The highest BCUT2D eigenvalue weighted by Gasteiger charge is 2.74. The van der Waals surface area contributed by atoms with Gasteiger partial charge in [0.2, 0.25) is 5.34 Å². The van der Waals surface area contributed by atoms with Crippen molar-refractivity contribution in [3.8, 4) is 11.1 Å². The monoisotopic (exact) mass is 426 g/mol. The van der Waals surface area contributed by atoms with E-state index in [0.717, 1.165) is 11.1 Å². The predicted octanol–water partition coefficient (Wildman–Crippen LogP) is 5.41. The van der Waals surface area contributed by atoms with Gasteiger partial charge in [0.1, 0.15) is 5.82 Å². The molecule has 3 aromatic carbocycles. The summed E-state index contributed by atoms with van der Waals surface area (Å²) in [6.07, 6.45) is -1.07. The smallest absolute Gasteiger partial charge is 0.339 e. The Hall–Kier alpha value is -2.63. The van der Waals surface area contributed by atoms with Gasteiger partial charge >= 0.3 is 7.60 Å². The second kappa shape index (κ2) is 7.89. The Labute approximate surface area is 173 Å². The van der Waals surface area contributed by atoms with Gasteiger partial charge in [-0.1, -0.05) is 66.7 Å². The van der Waals surface area contributed by atoms with E-state index < -0.39 is 24.9 Å². The summed E-state index contributed by atoms with van der Waals surface area (Å²) in [6, 6.07) is 22.1. The summed E-state index contributed by atoms with van der Waals surface area (Å²) in [5.41, 5.74) is 2.76. The van der Waals surface area contributed by atoms with Crippen molar-refractivity contribution in [2.45, 2.75) is 11.4 Å². The number of halogens is 1. The third kappa shape index (κ3) is 3.32. The number of rotatable bonds is 7. The van der Waals surface area contributed by atoms with Crippen LogP contribution in [0.2, 0.25) is 0 Å². The molecule has 3 aromatic rings. The summed E-state index contributed by atoms with van der Waals surface area (Å²) in [7, 11) is -1.40. The van der Waals surface area contributed by atoms with Crippen LogP contribution in [0.1, 0.15) is 15.9 Å². The number of hydrogen-bond donors (Lipinski definition) is 0. The van der Waals surface area contributed by atoms with Crippen LogP contribution in [-0.2, 0) is 23.7 Å². The number of benzene rings is 3. The minimum absolute atomic E-state index is 0.353. The third-order valence-electron chi connectivity index (χ3n) is 5.26. The molecule has 0 amide bonds. The molecule has 0 aliphatic carbocycles. The van der Waals surface area contributed by atoms with Crippen LogP contribution in [0.4, 0.5) is 4.39 Å². The Morgan fingerprint density at radius 1 is 0.900 bits per heavy atom. The topological polar surface area (TPSA) is 65.1 Å². The highest BCUT2D eigenvalue weighted by molar-refractivity contribution is 7.55. The van der Waals surface area contributed by atoms with Crippen LogP contribution in [-0.4, -0.2) is 26.1 Å². The van der Waals surface area contributed by atoms with Gasteiger partial charge in [-0.3, -0.25) is 9.36 Å². The molecule has 1 saturated heterocycles. The molecule has 7 heteroatoms. The van der Waals surface area contributed by atoms with Gasteiger partial charge in [0.15, 0.2) is 11.9 Å². The van der Waals surface area contributed by atoms with Gasteiger partial charge in [-0.2, -0.15) is 0 Å². The van der Waals surface area contributed by atoms with E-state index in [1.807, 2.05) is 42.5 Å². The second-order valence-corrected chi connectivity index (χ2v) is 9.26. The lowest BCUT2D eigenvalue weighted by Crippen LogP contribution is -2.21. The lowest BCUT2D eigenvalue weighted by molar-refractivity contribution is 0.0953. The van der Waals surface area contributed by atoms with E-state index in [1.54, 1.807) is 12.1 Å². The van der Waals surface area contributed by atoms with Gasteiger partial charge in [-0.25, -0.2) is 4.39 Å². The van der Waals surface area contributed by atoms with Crippen molar-refractivity contribution in [3.05, 3.63) is 95.8 Å². The normalized spacial score (nSPS) is 20.7. The van der Waals surface area contributed by atoms with Gasteiger partial charge in [-0.15, -0.1) is 0 Å². The average molecular weight is 426 g/mol. The van der Waals surface area contributed by atoms with Crippen LogP contribution >= 0.6 is 7.60 Å². The SMILES string of the molecule is COP(=O)(OC)[C@]1(c2ccc(F)cc2)O[C@H]1C(=O)c1ccc(-c2ccccc2)cc1. The molecule has 0 aromatic heterocycles. The maximum Gasteiger partial charge on any atom is 0.369 e. The van der Waals surface area contributed by atoms with Crippen LogP contribution in [0.5, 0.6) is 0 Å². The molecule has 0 unspecified atom stereocenters. The fourth-order valence-electron chi connectivity index (χ4n) is 3.61. The zero-order valence-electron chi connectivity index (χ0n) is 16.4. The van der Waals surface area contributed by atoms with Gasteiger partial charge in [0.05, 0.1) is 0 Å². The Kier molecular flexibility index (Phi) is 5.43. The van der Waals surface area contributed by atoms with Crippen molar-refractivity contribution in [2.75, 3.05) is 14.2 Å². The van der Waals surface area contributed by atoms with Gasteiger partial charge < -0.3 is 13.8 Å². The van der Waals surface area contributed by atoms with E-state index in [-0.39, 0.29) is 5.78 Å². The molecule has 0 saturated carbocycles. The summed E-state index contributed by atoms with van der Waals surface area (Å²) in [5, 5.41) is -1.61. The quantitative estimate of drug-likeness (QED) is 0.287. The molecule has 1 aliphatic rings. The van der Waals surface area contributed by atoms with Gasteiger partial charge in [-0.05, 0) is 28.8 Å². The number of ether oxygens (including phenoxy) is 1. The number of Topliss-reactive ketones (excluding diaryl/α,β-unsaturated/α-hetero) is 1. The van der Waals surface area contributed by atoms with Crippen molar-refractivity contribution in [1.82, 2.24) is 0 Å². The molecule has 30 heavy (non-hydrogen) atoms. The van der Waals surface area contributed by atoms with Crippen LogP contribution < -0.4 is 0 Å². The molecule has 1 fully saturated rings. The minimum Gasteiger partial charge on any atom is -0.339 e. The maximum atomic E-state index is 13.4. The molecule has 0 spiro atoms. The van der Waals surface area contributed by atoms with Crippen molar-refractivity contribution in [2.24, 2.45) is 0 Å². The van der Waals surface area contributed by atoms with Crippen LogP contribution in [0.25, 0.3) is 11.1 Å². The standard InChI is InChI=1S/C23H20FO5P/c1-27-30(26,28-2)23(19-12-14-20(24)15-13-19)22(29-23)21(25)18-10-8-17(9-11-18)16-6-4-3-5-7-16/h3-15,22H,1-2H3/t22-,23-/m0/s1. The van der Waals surface area contributed by atoms with Crippen LogP contribution in [0.15, 0.2) is 78.9 Å². The molecule has 0 bridgehead atoms. The molecule has 154 valence electrons. The lowest BCUT2D eigenvalue weighted by atomic mass is 9.99. The molecular formula is C23H20FO5P. The first-order valence-corrected chi connectivity index (χ1v) is 10.8. The van der Waals surface area contributed by atoms with Gasteiger partial charge in [0, 0.05) is 19.8 Å². The first kappa shape index (κ1) is 20.6. The fourth-order valence-corrected chi connectivity index (χ4v) is 5.40. The van der Waals surface area contributed by atoms with E-state index in [9.17, 15) is 13.8 Å². The number of ketones is 1. The molecule has 0 N–H and O–H groups in total. The van der Waals surface area contributed by atoms with Crippen LogP contribution in [0, 0.1) is 5.82 Å². The van der Waals surface area contributed by atoms with E-state index in [0.29, 0.717) is 11.1 Å². The summed E-state index contributed by atoms with van der Waals surface area (Å²) in [5.74, 6) is -0.813. The second-order valence-electron chi connectivity index (χ2n) is 6.87. The molecule has 1 heterocycles. The number of carbonyl (C=O) groups is 1. The Balaban J connectivity index is 1.67. The molecule has 2 atom stereocenters. The minimum atomic E-state index is -3.86. The summed E-state index contributed by atoms with van der Waals surface area (Å²) in [6.45, 7) is 0. The highest BCUT2D eigenvalue weighted by Crippen LogP contribution is 2.74. The fraction of sp³-hybridized carbons (Fsp3) is 0.174. The van der Waals surface area contributed by atoms with Crippen molar-refractivity contribution < 1.29 is 27.5 Å². The Morgan fingerprint density at radius 3 is 2.03 bits per heavy atom. The van der Waals surface area contributed by atoms with Crippen LogP contribution in [0.3, 0.4) is 0 Å². The zero-order chi connectivity index (χ0) is 21.4. The number of hydrogen-bond acceptors (Lipinski definition) is 5. The van der Waals surface area contributed by atoms with Crippen molar-refractivity contribution in [1.29, 1.82) is 0 Å². The van der Waals surface area contributed by atoms with E-state index >= 15 is 0 Å². The van der Waals surface area contributed by atoms with Crippen molar-refractivity contribution >= 4 is 13.4 Å². The summed E-state index contributed by atoms with van der Waals surface area (Å²) in [4.78, 5) is 13.2. The first-order chi connectivity index (χ1) is 14.4. The van der Waals surface area contributed by atoms with Gasteiger partial charge in [0.25, 0.3) is 0 Å². The highest BCUT2D eigenvalue weighted by atomic mass is 31.2. The largest absolute Gasteiger partial charge is 0.369 e. The lowest BCUT2D eigenvalue weighted by Gasteiger charge is -2.22. The van der Waals surface area contributed by atoms with E-state index in [1.165, 1.54) is 38.5 Å². The molecule has 5 nitrogen and oxygen atoms in total. The Morgan fingerprint density at radius 2 is 1.47 bits per heavy atom. The average Bonchev–Trinajstić information content (AvgIpc) is 3.56.